The molecule has 0 atom stereocenters. The minimum absolute atomic E-state index is 0.0411. The number of amides is 1. The highest BCUT2D eigenvalue weighted by atomic mass is 16.5. The highest BCUT2D eigenvalue weighted by Gasteiger charge is 2.06. The van der Waals surface area contributed by atoms with Crippen molar-refractivity contribution in [2.45, 2.75) is 13.3 Å². The van der Waals surface area contributed by atoms with Crippen molar-refractivity contribution in [3.05, 3.63) is 54.1 Å². The summed E-state index contributed by atoms with van der Waals surface area (Å²) in [4.78, 5) is 11.9. The van der Waals surface area contributed by atoms with E-state index in [1.807, 2.05) is 55.5 Å². The molecule has 0 saturated carbocycles. The lowest BCUT2D eigenvalue weighted by Crippen LogP contribution is -2.16. The Labute approximate surface area is 125 Å². The molecule has 0 aromatic heterocycles. The average molecular weight is 284 g/mol. The number of carbonyl (C=O) groups excluding carboxylic acids is 1. The van der Waals surface area contributed by atoms with Gasteiger partial charge in [0.25, 0.3) is 0 Å². The third kappa shape index (κ3) is 4.24. The molecule has 0 bridgehead atoms. The van der Waals surface area contributed by atoms with Crippen molar-refractivity contribution in [2.75, 3.05) is 24.3 Å². The second-order valence-corrected chi connectivity index (χ2v) is 4.74. The first-order chi connectivity index (χ1) is 10.2. The van der Waals surface area contributed by atoms with Crippen LogP contribution in [0.4, 0.5) is 11.4 Å². The van der Waals surface area contributed by atoms with E-state index in [9.17, 15) is 4.79 Å². The van der Waals surface area contributed by atoms with E-state index in [0.717, 1.165) is 5.69 Å². The number of hydrogen-bond donors (Lipinski definition) is 2. The summed E-state index contributed by atoms with van der Waals surface area (Å²) in [6.07, 6.45) is 0.395. The van der Waals surface area contributed by atoms with Gasteiger partial charge < -0.3 is 15.4 Å². The number of benzene rings is 2. The quantitative estimate of drug-likeness (QED) is 0.854. The molecule has 110 valence electrons. The fourth-order valence-corrected chi connectivity index (χ4v) is 2.04. The minimum Gasteiger partial charge on any atom is -0.495 e. The normalized spacial score (nSPS) is 10.0. The lowest BCUT2D eigenvalue weighted by Gasteiger charge is -2.11. The topological polar surface area (TPSA) is 50.4 Å². The third-order valence-electron chi connectivity index (χ3n) is 3.19. The maximum absolute atomic E-state index is 11.9. The van der Waals surface area contributed by atoms with Crippen molar-refractivity contribution in [1.82, 2.24) is 0 Å². The van der Waals surface area contributed by atoms with Crippen LogP contribution in [0.3, 0.4) is 0 Å². The smallest absolute Gasteiger partial charge is 0.226 e. The van der Waals surface area contributed by atoms with Gasteiger partial charge in [0.15, 0.2) is 0 Å². The Kier molecular flexibility index (Phi) is 5.21. The van der Waals surface area contributed by atoms with Gasteiger partial charge in [-0.1, -0.05) is 30.3 Å². The predicted octanol–water partition coefficient (Wildman–Crippen LogP) is 3.44. The molecule has 21 heavy (non-hydrogen) atoms. The maximum atomic E-state index is 11.9. The van der Waals surface area contributed by atoms with E-state index >= 15 is 0 Å². The Balaban J connectivity index is 1.84. The number of anilines is 2. The Bertz CT molecular complexity index is 611. The fourth-order valence-electron chi connectivity index (χ4n) is 2.04. The van der Waals surface area contributed by atoms with Crippen molar-refractivity contribution in [3.63, 3.8) is 0 Å². The van der Waals surface area contributed by atoms with E-state index in [-0.39, 0.29) is 5.91 Å². The molecule has 0 aliphatic rings. The summed E-state index contributed by atoms with van der Waals surface area (Å²) in [7, 11) is 1.59. The summed E-state index contributed by atoms with van der Waals surface area (Å²) < 4.78 is 5.21. The number of ether oxygens (including phenoxy) is 1. The average Bonchev–Trinajstić information content (AvgIpc) is 2.50. The first-order valence-corrected chi connectivity index (χ1v) is 6.93. The predicted molar refractivity (Wildman–Crippen MR) is 85.9 cm³/mol. The molecule has 0 unspecified atom stereocenters. The second kappa shape index (κ2) is 7.33. The number of hydrogen-bond acceptors (Lipinski definition) is 3. The summed E-state index contributed by atoms with van der Waals surface area (Å²) in [6, 6.07) is 15.4. The van der Waals surface area contributed by atoms with E-state index in [0.29, 0.717) is 24.4 Å². The van der Waals surface area contributed by atoms with Gasteiger partial charge in [-0.3, -0.25) is 4.79 Å². The maximum Gasteiger partial charge on any atom is 0.226 e. The Hall–Kier alpha value is -2.49. The largest absolute Gasteiger partial charge is 0.495 e. The van der Waals surface area contributed by atoms with Gasteiger partial charge in [-0.15, -0.1) is 0 Å². The highest BCUT2D eigenvalue weighted by Crippen LogP contribution is 2.23. The monoisotopic (exact) mass is 284 g/mol. The zero-order chi connectivity index (χ0) is 15.1. The summed E-state index contributed by atoms with van der Waals surface area (Å²) in [5.74, 6) is 0.623. The molecular formula is C17H20N2O2. The van der Waals surface area contributed by atoms with Gasteiger partial charge in [0.1, 0.15) is 5.75 Å². The van der Waals surface area contributed by atoms with Crippen LogP contribution in [0.5, 0.6) is 5.75 Å². The molecule has 0 radical (unpaired) electrons. The van der Waals surface area contributed by atoms with Gasteiger partial charge in [-0.2, -0.15) is 0 Å². The van der Waals surface area contributed by atoms with Crippen LogP contribution < -0.4 is 15.4 Å². The van der Waals surface area contributed by atoms with Gasteiger partial charge >= 0.3 is 0 Å². The van der Waals surface area contributed by atoms with Gasteiger partial charge in [-0.05, 0) is 30.7 Å². The number of carbonyl (C=O) groups is 1. The van der Waals surface area contributed by atoms with Crippen LogP contribution in [0, 0.1) is 6.92 Å². The molecule has 0 spiro atoms. The van der Waals surface area contributed by atoms with Crippen molar-refractivity contribution >= 4 is 17.3 Å². The number of rotatable bonds is 6. The van der Waals surface area contributed by atoms with E-state index < -0.39 is 0 Å². The zero-order valence-electron chi connectivity index (χ0n) is 12.3. The molecule has 2 aromatic rings. The van der Waals surface area contributed by atoms with Crippen LogP contribution >= 0.6 is 0 Å². The van der Waals surface area contributed by atoms with Crippen LogP contribution in [0.15, 0.2) is 48.5 Å². The second-order valence-electron chi connectivity index (χ2n) is 4.74. The lowest BCUT2D eigenvalue weighted by atomic mass is 10.2. The fraction of sp³-hybridized carbons (Fsp3) is 0.235. The summed E-state index contributed by atoms with van der Waals surface area (Å²) in [5, 5.41) is 6.12. The minimum atomic E-state index is -0.0411. The zero-order valence-corrected chi connectivity index (χ0v) is 12.3. The molecule has 0 heterocycles. The van der Waals surface area contributed by atoms with Crippen molar-refractivity contribution in [2.24, 2.45) is 0 Å². The first kappa shape index (κ1) is 14.9. The van der Waals surface area contributed by atoms with E-state index in [2.05, 4.69) is 10.6 Å². The van der Waals surface area contributed by atoms with Gasteiger partial charge in [0, 0.05) is 18.7 Å². The number of aryl methyl sites for hydroxylation is 1. The lowest BCUT2D eigenvalue weighted by molar-refractivity contribution is -0.116. The molecular weight excluding hydrogens is 264 g/mol. The highest BCUT2D eigenvalue weighted by molar-refractivity contribution is 5.92. The van der Waals surface area contributed by atoms with E-state index in [1.54, 1.807) is 7.11 Å². The molecule has 4 heteroatoms. The van der Waals surface area contributed by atoms with Gasteiger partial charge in [0.2, 0.25) is 5.91 Å². The van der Waals surface area contributed by atoms with E-state index in [4.69, 9.17) is 4.74 Å². The van der Waals surface area contributed by atoms with Crippen LogP contribution in [0.2, 0.25) is 0 Å². The number of para-hydroxylation sites is 3. The van der Waals surface area contributed by atoms with Crippen molar-refractivity contribution in [1.29, 1.82) is 0 Å². The van der Waals surface area contributed by atoms with Gasteiger partial charge in [0.05, 0.1) is 12.8 Å². The van der Waals surface area contributed by atoms with E-state index in [1.165, 1.54) is 5.56 Å². The first-order valence-electron chi connectivity index (χ1n) is 6.93. The molecule has 4 nitrogen and oxygen atoms in total. The van der Waals surface area contributed by atoms with Crippen LogP contribution in [0.25, 0.3) is 0 Å². The van der Waals surface area contributed by atoms with Crippen molar-refractivity contribution < 1.29 is 9.53 Å². The van der Waals surface area contributed by atoms with Crippen LogP contribution in [0.1, 0.15) is 12.0 Å². The van der Waals surface area contributed by atoms with Crippen LogP contribution in [-0.2, 0) is 4.79 Å². The standard InChI is InChI=1S/C17H20N2O2/c1-13-7-3-4-8-14(13)18-12-11-17(20)19-15-9-5-6-10-16(15)21-2/h3-10,18H,11-12H2,1-2H3,(H,19,20). The van der Waals surface area contributed by atoms with Crippen molar-refractivity contribution in [3.8, 4) is 5.75 Å². The SMILES string of the molecule is COc1ccccc1NC(=O)CCNc1ccccc1C. The van der Waals surface area contributed by atoms with Crippen LogP contribution in [-0.4, -0.2) is 19.6 Å². The molecule has 2 N–H and O–H groups in total. The number of methoxy groups -OCH3 is 1. The molecule has 2 rings (SSSR count). The molecule has 0 fully saturated rings. The summed E-state index contributed by atoms with van der Waals surface area (Å²) in [5.41, 5.74) is 2.92. The molecule has 0 aliphatic carbocycles. The molecule has 0 saturated heterocycles. The molecule has 0 aliphatic heterocycles. The Morgan fingerprint density at radius 1 is 1.05 bits per heavy atom. The summed E-state index contributed by atoms with van der Waals surface area (Å²) >= 11 is 0. The van der Waals surface area contributed by atoms with Gasteiger partial charge in [-0.25, -0.2) is 0 Å². The molecule has 2 aromatic carbocycles. The number of nitrogens with one attached hydrogen (secondary N) is 2. The summed E-state index contributed by atoms with van der Waals surface area (Å²) in [6.45, 7) is 2.63. The molecule has 1 amide bonds. The Morgan fingerprint density at radius 2 is 1.71 bits per heavy atom. The Morgan fingerprint density at radius 3 is 2.43 bits per heavy atom. The third-order valence-corrected chi connectivity index (χ3v) is 3.19.